The molecule has 1 heterocycles. The van der Waals surface area contributed by atoms with Crippen molar-refractivity contribution >= 4 is 15.9 Å². The molecule has 0 radical (unpaired) electrons. The monoisotopic (exact) mass is 280 g/mol. The molecule has 3 rings (SSSR count). The SMILES string of the molecule is O=S1(=O)NC(=NC2CCC(O)CC2)c2ccccc21. The topological polar surface area (TPSA) is 78.8 Å². The maximum absolute atomic E-state index is 11.9. The van der Waals surface area contributed by atoms with Crippen LogP contribution in [-0.2, 0) is 10.0 Å². The minimum Gasteiger partial charge on any atom is -0.393 e. The molecule has 1 aromatic carbocycles. The van der Waals surface area contributed by atoms with E-state index in [1.807, 2.05) is 6.07 Å². The summed E-state index contributed by atoms with van der Waals surface area (Å²) in [5, 5.41) is 9.47. The molecule has 0 amide bonds. The van der Waals surface area contributed by atoms with Gasteiger partial charge in [0.25, 0.3) is 10.0 Å². The maximum Gasteiger partial charge on any atom is 0.263 e. The summed E-state index contributed by atoms with van der Waals surface area (Å²) in [5.41, 5.74) is 0.647. The van der Waals surface area contributed by atoms with Gasteiger partial charge in [-0.15, -0.1) is 0 Å². The first-order valence-corrected chi connectivity index (χ1v) is 7.93. The summed E-state index contributed by atoms with van der Waals surface area (Å²) in [6.07, 6.45) is 2.83. The zero-order valence-electron chi connectivity index (χ0n) is 10.4. The molecule has 6 heteroatoms. The molecule has 1 aliphatic heterocycles. The standard InChI is InChI=1S/C13H16N2O3S/c16-10-7-5-9(6-8-10)14-13-11-3-1-2-4-12(11)19(17,18)15-13/h1-4,9-10,16H,5-8H2,(H,14,15). The summed E-state index contributed by atoms with van der Waals surface area (Å²) in [7, 11) is -3.45. The molecule has 1 aliphatic carbocycles. The zero-order chi connectivity index (χ0) is 13.5. The van der Waals surface area contributed by atoms with Gasteiger partial charge in [-0.1, -0.05) is 12.1 Å². The Balaban J connectivity index is 1.91. The predicted molar refractivity (Wildman–Crippen MR) is 71.6 cm³/mol. The lowest BCUT2D eigenvalue weighted by Crippen LogP contribution is -2.26. The Bertz CT molecular complexity index is 617. The first-order valence-electron chi connectivity index (χ1n) is 6.44. The van der Waals surface area contributed by atoms with Crippen LogP contribution in [0.3, 0.4) is 0 Å². The van der Waals surface area contributed by atoms with Gasteiger partial charge in [0.2, 0.25) is 0 Å². The minimum absolute atomic E-state index is 0.0901. The number of benzene rings is 1. The Morgan fingerprint density at radius 3 is 2.58 bits per heavy atom. The number of hydrogen-bond donors (Lipinski definition) is 2. The summed E-state index contributed by atoms with van der Waals surface area (Å²) in [6.45, 7) is 0. The lowest BCUT2D eigenvalue weighted by molar-refractivity contribution is 0.123. The number of amidine groups is 1. The Morgan fingerprint density at radius 2 is 1.84 bits per heavy atom. The van der Waals surface area contributed by atoms with Crippen molar-refractivity contribution in [3.8, 4) is 0 Å². The highest BCUT2D eigenvalue weighted by Crippen LogP contribution is 2.26. The van der Waals surface area contributed by atoms with Gasteiger partial charge in [0.1, 0.15) is 5.84 Å². The molecule has 0 bridgehead atoms. The summed E-state index contributed by atoms with van der Waals surface area (Å²) in [4.78, 5) is 4.82. The van der Waals surface area contributed by atoms with Crippen molar-refractivity contribution in [3.05, 3.63) is 29.8 Å². The first kappa shape index (κ1) is 12.6. The molecule has 0 aromatic heterocycles. The van der Waals surface area contributed by atoms with E-state index in [4.69, 9.17) is 0 Å². The van der Waals surface area contributed by atoms with E-state index in [0.29, 0.717) is 16.3 Å². The van der Waals surface area contributed by atoms with Gasteiger partial charge in [0, 0.05) is 5.56 Å². The fourth-order valence-corrected chi connectivity index (χ4v) is 3.84. The largest absolute Gasteiger partial charge is 0.393 e. The van der Waals surface area contributed by atoms with Crippen LogP contribution in [0.5, 0.6) is 0 Å². The molecule has 102 valence electrons. The van der Waals surface area contributed by atoms with Gasteiger partial charge in [-0.25, -0.2) is 8.42 Å². The van der Waals surface area contributed by atoms with Crippen LogP contribution in [0.2, 0.25) is 0 Å². The van der Waals surface area contributed by atoms with E-state index in [-0.39, 0.29) is 12.1 Å². The highest BCUT2D eigenvalue weighted by atomic mass is 32.2. The quantitative estimate of drug-likeness (QED) is 0.806. The van der Waals surface area contributed by atoms with Gasteiger partial charge < -0.3 is 5.11 Å². The van der Waals surface area contributed by atoms with E-state index >= 15 is 0 Å². The van der Waals surface area contributed by atoms with Crippen LogP contribution in [-0.4, -0.2) is 31.5 Å². The Morgan fingerprint density at radius 1 is 1.16 bits per heavy atom. The second-order valence-electron chi connectivity index (χ2n) is 5.04. The molecule has 1 saturated carbocycles. The molecular formula is C13H16N2O3S. The molecule has 1 aromatic rings. The van der Waals surface area contributed by atoms with Crippen molar-refractivity contribution in [2.75, 3.05) is 0 Å². The summed E-state index contributed by atoms with van der Waals surface area (Å²) in [5.74, 6) is 0.442. The van der Waals surface area contributed by atoms with Gasteiger partial charge in [-0.2, -0.15) is 0 Å². The second kappa shape index (κ2) is 4.61. The highest BCUT2D eigenvalue weighted by Gasteiger charge is 2.31. The van der Waals surface area contributed by atoms with Crippen LogP contribution in [0.1, 0.15) is 31.2 Å². The number of aliphatic hydroxyl groups excluding tert-OH is 1. The van der Waals surface area contributed by atoms with E-state index in [9.17, 15) is 13.5 Å². The molecule has 19 heavy (non-hydrogen) atoms. The van der Waals surface area contributed by atoms with Crippen LogP contribution in [0.25, 0.3) is 0 Å². The predicted octanol–water partition coefficient (Wildman–Crippen LogP) is 1.03. The third kappa shape index (κ3) is 2.37. The summed E-state index contributed by atoms with van der Waals surface area (Å²) in [6, 6.07) is 6.96. The summed E-state index contributed by atoms with van der Waals surface area (Å²) < 4.78 is 26.4. The number of aliphatic imine (C=N–C) groups is 1. The van der Waals surface area contributed by atoms with E-state index in [2.05, 4.69) is 9.71 Å². The molecule has 0 unspecified atom stereocenters. The van der Waals surface area contributed by atoms with E-state index in [1.165, 1.54) is 0 Å². The van der Waals surface area contributed by atoms with E-state index < -0.39 is 10.0 Å². The third-order valence-electron chi connectivity index (χ3n) is 3.64. The lowest BCUT2D eigenvalue weighted by Gasteiger charge is -2.22. The number of fused-ring (bicyclic) bond motifs is 1. The smallest absolute Gasteiger partial charge is 0.263 e. The Hall–Kier alpha value is -1.40. The van der Waals surface area contributed by atoms with Crippen LogP contribution in [0, 0.1) is 0 Å². The molecule has 2 aliphatic rings. The number of aliphatic hydroxyl groups is 1. The Kier molecular flexibility index (Phi) is 3.06. The molecule has 5 nitrogen and oxygen atoms in total. The zero-order valence-corrected chi connectivity index (χ0v) is 11.2. The first-order chi connectivity index (χ1) is 9.06. The van der Waals surface area contributed by atoms with Crippen molar-refractivity contribution in [1.82, 2.24) is 4.72 Å². The lowest BCUT2D eigenvalue weighted by atomic mass is 9.93. The van der Waals surface area contributed by atoms with Crippen molar-refractivity contribution in [3.63, 3.8) is 0 Å². The molecular weight excluding hydrogens is 264 g/mol. The Labute approximate surface area is 112 Å². The van der Waals surface area contributed by atoms with Crippen LogP contribution in [0.4, 0.5) is 0 Å². The number of nitrogens with zero attached hydrogens (tertiary/aromatic N) is 1. The average Bonchev–Trinajstić information content (AvgIpc) is 2.65. The molecule has 0 saturated heterocycles. The average molecular weight is 280 g/mol. The van der Waals surface area contributed by atoms with Gasteiger partial charge in [-0.3, -0.25) is 9.71 Å². The number of rotatable bonds is 1. The van der Waals surface area contributed by atoms with Gasteiger partial charge in [0.05, 0.1) is 17.0 Å². The molecule has 1 fully saturated rings. The molecule has 0 spiro atoms. The van der Waals surface area contributed by atoms with Crippen LogP contribution >= 0.6 is 0 Å². The van der Waals surface area contributed by atoms with Crippen LogP contribution < -0.4 is 4.72 Å². The van der Waals surface area contributed by atoms with Gasteiger partial charge in [-0.05, 0) is 37.8 Å². The maximum atomic E-state index is 11.9. The van der Waals surface area contributed by atoms with Crippen molar-refractivity contribution in [1.29, 1.82) is 0 Å². The van der Waals surface area contributed by atoms with Gasteiger partial charge in [0.15, 0.2) is 0 Å². The normalized spacial score (nSPS) is 30.9. The third-order valence-corrected chi connectivity index (χ3v) is 5.04. The second-order valence-corrected chi connectivity index (χ2v) is 6.69. The van der Waals surface area contributed by atoms with E-state index in [1.54, 1.807) is 18.2 Å². The molecule has 0 atom stereocenters. The van der Waals surface area contributed by atoms with Crippen LogP contribution in [0.15, 0.2) is 34.2 Å². The number of sulfonamides is 1. The van der Waals surface area contributed by atoms with Gasteiger partial charge >= 0.3 is 0 Å². The van der Waals surface area contributed by atoms with Crippen molar-refractivity contribution in [2.45, 2.75) is 42.7 Å². The number of nitrogens with one attached hydrogen (secondary N) is 1. The number of hydrogen-bond acceptors (Lipinski definition) is 4. The fraction of sp³-hybridized carbons (Fsp3) is 0.462. The fourth-order valence-electron chi connectivity index (χ4n) is 2.60. The highest BCUT2D eigenvalue weighted by molar-refractivity contribution is 7.90. The van der Waals surface area contributed by atoms with E-state index in [0.717, 1.165) is 25.7 Å². The molecule has 2 N–H and O–H groups in total. The van der Waals surface area contributed by atoms with Crippen molar-refractivity contribution < 1.29 is 13.5 Å². The minimum atomic E-state index is -3.45. The summed E-state index contributed by atoms with van der Waals surface area (Å²) >= 11 is 0. The van der Waals surface area contributed by atoms with Crippen molar-refractivity contribution in [2.24, 2.45) is 4.99 Å².